The average Bonchev–Trinajstić information content (AvgIpc) is 2.77. The normalized spacial score (nSPS) is 10.5. The van der Waals surface area contributed by atoms with Crippen LogP contribution >= 0.6 is 0 Å². The summed E-state index contributed by atoms with van der Waals surface area (Å²) in [5.74, 6) is 2.66. The third kappa shape index (κ3) is 3.08. The molecule has 0 aliphatic carbocycles. The van der Waals surface area contributed by atoms with Gasteiger partial charge in [-0.15, -0.1) is 12.3 Å². The Bertz CT molecular complexity index is 507. The lowest BCUT2D eigenvalue weighted by atomic mass is 10.2. The lowest BCUT2D eigenvalue weighted by molar-refractivity contribution is 0.631. The predicted molar refractivity (Wildman–Crippen MR) is 69.6 cm³/mol. The number of aromatic nitrogens is 2. The van der Waals surface area contributed by atoms with Gasteiger partial charge in [0.2, 0.25) is 0 Å². The lowest BCUT2D eigenvalue weighted by Crippen LogP contribution is -2.14. The number of hydrogen-bond acceptors (Lipinski definition) is 2. The van der Waals surface area contributed by atoms with Gasteiger partial charge in [-0.25, -0.2) is 4.52 Å². The van der Waals surface area contributed by atoms with Crippen molar-refractivity contribution in [1.29, 1.82) is 0 Å². The van der Waals surface area contributed by atoms with Crippen LogP contribution in [-0.4, -0.2) is 16.2 Å². The first-order chi connectivity index (χ1) is 8.42. The van der Waals surface area contributed by atoms with Gasteiger partial charge in [0.05, 0.1) is 11.7 Å². The summed E-state index contributed by atoms with van der Waals surface area (Å²) in [6.45, 7) is 1.87. The van der Waals surface area contributed by atoms with Crippen molar-refractivity contribution in [3.63, 3.8) is 0 Å². The number of nitrogens with one attached hydrogen (secondary N) is 1. The first-order valence-corrected chi connectivity index (χ1v) is 5.97. The summed E-state index contributed by atoms with van der Waals surface area (Å²) in [7, 11) is 0. The zero-order valence-corrected chi connectivity index (χ0v) is 9.89. The van der Waals surface area contributed by atoms with E-state index in [1.54, 1.807) is 0 Å². The van der Waals surface area contributed by atoms with Crippen LogP contribution in [0.25, 0.3) is 5.52 Å². The second-order valence-corrected chi connectivity index (χ2v) is 4.04. The highest BCUT2D eigenvalue weighted by molar-refractivity contribution is 5.53. The van der Waals surface area contributed by atoms with E-state index < -0.39 is 0 Å². The van der Waals surface area contributed by atoms with Gasteiger partial charge in [-0.1, -0.05) is 6.07 Å². The van der Waals surface area contributed by atoms with Crippen molar-refractivity contribution in [3.8, 4) is 12.3 Å². The minimum absolute atomic E-state index is 0.865. The van der Waals surface area contributed by atoms with Gasteiger partial charge in [-0.05, 0) is 31.5 Å². The van der Waals surface area contributed by atoms with Gasteiger partial charge >= 0.3 is 0 Å². The van der Waals surface area contributed by atoms with Crippen LogP contribution in [0.3, 0.4) is 0 Å². The van der Waals surface area contributed by atoms with Crippen LogP contribution in [0.2, 0.25) is 0 Å². The van der Waals surface area contributed by atoms with Crippen LogP contribution in [0.4, 0.5) is 0 Å². The van der Waals surface area contributed by atoms with Gasteiger partial charge in [0.25, 0.3) is 0 Å². The molecular formula is C14H17N3. The number of hydrogen-bond donors (Lipinski definition) is 1. The molecule has 2 aromatic heterocycles. The van der Waals surface area contributed by atoms with Crippen molar-refractivity contribution in [2.75, 3.05) is 6.54 Å². The molecule has 3 nitrogen and oxygen atoms in total. The molecule has 0 unspecified atom stereocenters. The van der Waals surface area contributed by atoms with Gasteiger partial charge in [0, 0.05) is 24.7 Å². The fourth-order valence-electron chi connectivity index (χ4n) is 1.82. The van der Waals surface area contributed by atoms with Crippen molar-refractivity contribution >= 4 is 5.52 Å². The smallest absolute Gasteiger partial charge is 0.0706 e. The quantitative estimate of drug-likeness (QED) is 0.605. The molecule has 0 atom stereocenters. The first kappa shape index (κ1) is 11.7. The highest BCUT2D eigenvalue weighted by Crippen LogP contribution is 2.09. The molecule has 0 saturated carbocycles. The molecule has 2 aromatic rings. The fourth-order valence-corrected chi connectivity index (χ4v) is 1.82. The molecule has 0 spiro atoms. The molecule has 0 aliphatic heterocycles. The first-order valence-electron chi connectivity index (χ1n) is 5.97. The van der Waals surface area contributed by atoms with Gasteiger partial charge in [-0.3, -0.25) is 0 Å². The van der Waals surface area contributed by atoms with Crippen molar-refractivity contribution in [1.82, 2.24) is 14.9 Å². The van der Waals surface area contributed by atoms with Crippen LogP contribution in [0, 0.1) is 12.3 Å². The third-order valence-electron chi connectivity index (χ3n) is 2.75. The molecule has 1 N–H and O–H groups in total. The van der Waals surface area contributed by atoms with E-state index in [-0.39, 0.29) is 0 Å². The monoisotopic (exact) mass is 227 g/mol. The average molecular weight is 227 g/mol. The molecule has 0 saturated heterocycles. The molecule has 0 radical (unpaired) electrons. The second kappa shape index (κ2) is 6.07. The maximum atomic E-state index is 5.20. The molecule has 17 heavy (non-hydrogen) atoms. The zero-order chi connectivity index (χ0) is 11.9. The number of unbranched alkanes of at least 4 members (excludes halogenated alkanes) is 2. The highest BCUT2D eigenvalue weighted by Gasteiger charge is 2.01. The lowest BCUT2D eigenvalue weighted by Gasteiger charge is -2.02. The minimum atomic E-state index is 0.865. The molecule has 0 fully saturated rings. The maximum absolute atomic E-state index is 5.20. The Balaban J connectivity index is 1.81. The number of nitrogens with zero attached hydrogens (tertiary/aromatic N) is 2. The molecule has 0 bridgehead atoms. The standard InChI is InChI=1S/C14H17N3/c1-2-3-4-6-9-15-11-13-12-16-17-10-7-5-8-14(13)17/h1,5,7-8,10,12,15H,3-4,6,9,11H2. The van der Waals surface area contributed by atoms with E-state index in [1.165, 1.54) is 11.1 Å². The molecule has 2 rings (SSSR count). The molecule has 3 heteroatoms. The summed E-state index contributed by atoms with van der Waals surface area (Å²) in [4.78, 5) is 0. The Morgan fingerprint density at radius 1 is 1.35 bits per heavy atom. The van der Waals surface area contributed by atoms with E-state index in [1.807, 2.05) is 29.0 Å². The van der Waals surface area contributed by atoms with E-state index in [2.05, 4.69) is 22.4 Å². The zero-order valence-electron chi connectivity index (χ0n) is 9.89. The molecule has 0 amide bonds. The van der Waals surface area contributed by atoms with Crippen molar-refractivity contribution in [2.45, 2.75) is 25.8 Å². The van der Waals surface area contributed by atoms with E-state index >= 15 is 0 Å². The number of fused-ring (bicyclic) bond motifs is 1. The van der Waals surface area contributed by atoms with Gasteiger partial charge in [0.1, 0.15) is 0 Å². The Hall–Kier alpha value is -1.79. The fraction of sp³-hybridized carbons (Fsp3) is 0.357. The summed E-state index contributed by atoms with van der Waals surface area (Å²) < 4.78 is 1.90. The number of rotatable bonds is 6. The van der Waals surface area contributed by atoms with E-state index in [9.17, 15) is 0 Å². The summed E-state index contributed by atoms with van der Waals surface area (Å²) in [6.07, 6.45) is 12.2. The highest BCUT2D eigenvalue weighted by atomic mass is 15.2. The van der Waals surface area contributed by atoms with Gasteiger partial charge in [0.15, 0.2) is 0 Å². The number of terminal acetylenes is 1. The SMILES string of the molecule is C#CCCCCNCc1cnn2ccccc12. The van der Waals surface area contributed by atoms with Crippen molar-refractivity contribution in [3.05, 3.63) is 36.2 Å². The van der Waals surface area contributed by atoms with Crippen LogP contribution < -0.4 is 5.32 Å². The maximum Gasteiger partial charge on any atom is 0.0706 e. The Morgan fingerprint density at radius 2 is 2.29 bits per heavy atom. The van der Waals surface area contributed by atoms with E-state index in [4.69, 9.17) is 6.42 Å². The summed E-state index contributed by atoms with van der Waals surface area (Å²) in [5.41, 5.74) is 2.41. The van der Waals surface area contributed by atoms with Crippen LogP contribution in [0.1, 0.15) is 24.8 Å². The Morgan fingerprint density at radius 3 is 3.18 bits per heavy atom. The molecule has 0 aliphatic rings. The van der Waals surface area contributed by atoms with E-state index in [0.717, 1.165) is 32.4 Å². The van der Waals surface area contributed by atoms with Crippen LogP contribution in [-0.2, 0) is 6.54 Å². The van der Waals surface area contributed by atoms with Crippen molar-refractivity contribution in [2.24, 2.45) is 0 Å². The van der Waals surface area contributed by atoms with E-state index in [0.29, 0.717) is 0 Å². The topological polar surface area (TPSA) is 29.3 Å². The Labute approximate surface area is 102 Å². The predicted octanol–water partition coefficient (Wildman–Crippen LogP) is 2.23. The minimum Gasteiger partial charge on any atom is -0.313 e. The summed E-state index contributed by atoms with van der Waals surface area (Å²) in [5, 5.41) is 7.71. The van der Waals surface area contributed by atoms with Gasteiger partial charge in [-0.2, -0.15) is 5.10 Å². The molecule has 0 aromatic carbocycles. The molecule has 88 valence electrons. The third-order valence-corrected chi connectivity index (χ3v) is 2.75. The summed E-state index contributed by atoms with van der Waals surface area (Å²) >= 11 is 0. The summed E-state index contributed by atoms with van der Waals surface area (Å²) in [6, 6.07) is 6.10. The van der Waals surface area contributed by atoms with Crippen LogP contribution in [0.15, 0.2) is 30.6 Å². The van der Waals surface area contributed by atoms with Crippen molar-refractivity contribution < 1.29 is 0 Å². The Kier molecular flexibility index (Phi) is 4.17. The molecule has 2 heterocycles. The van der Waals surface area contributed by atoms with Crippen LogP contribution in [0.5, 0.6) is 0 Å². The molecular weight excluding hydrogens is 210 g/mol. The van der Waals surface area contributed by atoms with Gasteiger partial charge < -0.3 is 5.32 Å². The number of pyridine rings is 1. The second-order valence-electron chi connectivity index (χ2n) is 4.04. The largest absolute Gasteiger partial charge is 0.313 e.